The minimum atomic E-state index is -1.32. The fraction of sp³-hybridized carbons (Fsp3) is 0.118. The summed E-state index contributed by atoms with van der Waals surface area (Å²) in [6, 6.07) is 18.3. The second-order valence-corrected chi connectivity index (χ2v) is 6.43. The molecule has 0 spiro atoms. The number of halogens is 2. The standard InChI is InChI=1S/C17H14Cl2N4O/c18-15(19)17(23-14(24)12-9-5-2-6-10-12)16(20)21-13(22-17)11-7-3-1-4-8-11/h1-10,15H,(H,23,24)(H2,20,21,22)/p+2/t17-/m0/s1. The van der Waals surface area contributed by atoms with Gasteiger partial charge in [0.2, 0.25) is 0 Å². The Hall–Kier alpha value is -2.37. The molecule has 0 saturated heterocycles. The molecule has 24 heavy (non-hydrogen) atoms. The van der Waals surface area contributed by atoms with Crippen LogP contribution >= 0.6 is 23.2 Å². The summed E-state index contributed by atoms with van der Waals surface area (Å²) in [5, 5.41) is 2.80. The van der Waals surface area contributed by atoms with E-state index in [2.05, 4.69) is 15.3 Å². The largest absolute Gasteiger partial charge is 0.386 e. The maximum atomic E-state index is 12.5. The molecule has 0 aromatic heterocycles. The molecule has 0 bridgehead atoms. The van der Waals surface area contributed by atoms with Crippen molar-refractivity contribution in [2.24, 2.45) is 5.73 Å². The Morgan fingerprint density at radius 1 is 1.04 bits per heavy atom. The Kier molecular flexibility index (Phi) is 4.55. The Bertz CT molecular complexity index is 806. The van der Waals surface area contributed by atoms with Gasteiger partial charge >= 0.3 is 17.3 Å². The van der Waals surface area contributed by atoms with Crippen LogP contribution in [0.5, 0.6) is 0 Å². The van der Waals surface area contributed by atoms with E-state index in [1.165, 1.54) is 0 Å². The van der Waals surface area contributed by atoms with Crippen molar-refractivity contribution in [3.63, 3.8) is 0 Å². The number of carbonyl (C=O) groups is 1. The average molecular weight is 363 g/mol. The SMILES string of the molecule is NC1=[NH+]C(c2ccccc2)=[NH+][C@]1(NC(=O)c1ccccc1)C(Cl)Cl. The first-order chi connectivity index (χ1) is 11.5. The van der Waals surface area contributed by atoms with Gasteiger partial charge in [-0.15, -0.1) is 0 Å². The third-order valence-corrected chi connectivity index (χ3v) is 4.40. The van der Waals surface area contributed by atoms with E-state index < -0.39 is 10.5 Å². The summed E-state index contributed by atoms with van der Waals surface area (Å²) in [6.45, 7) is 0. The van der Waals surface area contributed by atoms with Crippen molar-refractivity contribution in [2.45, 2.75) is 10.5 Å². The molecule has 1 atom stereocenters. The monoisotopic (exact) mass is 362 g/mol. The van der Waals surface area contributed by atoms with E-state index in [-0.39, 0.29) is 11.7 Å². The Morgan fingerprint density at radius 3 is 2.21 bits per heavy atom. The first-order valence-electron chi connectivity index (χ1n) is 7.29. The lowest BCUT2D eigenvalue weighted by Crippen LogP contribution is -2.96. The van der Waals surface area contributed by atoms with E-state index >= 15 is 0 Å². The van der Waals surface area contributed by atoms with Gasteiger partial charge in [-0.1, -0.05) is 59.6 Å². The Morgan fingerprint density at radius 2 is 1.62 bits per heavy atom. The molecular weight excluding hydrogens is 347 g/mol. The molecule has 3 rings (SSSR count). The number of rotatable bonds is 4. The van der Waals surface area contributed by atoms with Crippen LogP contribution in [-0.4, -0.2) is 28.1 Å². The number of carbonyl (C=O) groups excluding carboxylic acids is 1. The summed E-state index contributed by atoms with van der Waals surface area (Å²) in [6.07, 6.45) is 0. The molecular formula is C17H16Cl2N4O+2. The summed E-state index contributed by atoms with van der Waals surface area (Å²) in [5.74, 6) is 0.502. The van der Waals surface area contributed by atoms with Gasteiger partial charge in [-0.2, -0.15) is 4.99 Å². The van der Waals surface area contributed by atoms with E-state index in [0.29, 0.717) is 11.4 Å². The van der Waals surface area contributed by atoms with Crippen molar-refractivity contribution in [3.05, 3.63) is 71.8 Å². The number of nitrogens with one attached hydrogen (secondary N) is 3. The average Bonchev–Trinajstić information content (AvgIpc) is 2.94. The van der Waals surface area contributed by atoms with Crippen LogP contribution in [0.4, 0.5) is 0 Å². The van der Waals surface area contributed by atoms with Gasteiger partial charge in [0.1, 0.15) is 0 Å². The van der Waals surface area contributed by atoms with E-state index in [9.17, 15) is 4.79 Å². The maximum absolute atomic E-state index is 12.5. The van der Waals surface area contributed by atoms with Gasteiger partial charge in [0.15, 0.2) is 4.84 Å². The van der Waals surface area contributed by atoms with Gasteiger partial charge in [0.25, 0.3) is 5.91 Å². The zero-order valence-electron chi connectivity index (χ0n) is 12.6. The molecule has 0 unspecified atom stereocenters. The third kappa shape index (κ3) is 3.00. The Labute approximate surface area is 149 Å². The highest BCUT2D eigenvalue weighted by molar-refractivity contribution is 6.46. The number of amides is 1. The van der Waals surface area contributed by atoms with Crippen molar-refractivity contribution >= 4 is 40.8 Å². The molecule has 0 saturated carbocycles. The summed E-state index contributed by atoms with van der Waals surface area (Å²) < 4.78 is 0. The fourth-order valence-corrected chi connectivity index (χ4v) is 2.90. The van der Waals surface area contributed by atoms with Crippen molar-refractivity contribution < 1.29 is 14.8 Å². The van der Waals surface area contributed by atoms with E-state index in [0.717, 1.165) is 5.56 Å². The van der Waals surface area contributed by atoms with E-state index in [1.54, 1.807) is 24.3 Å². The highest BCUT2D eigenvalue weighted by Crippen LogP contribution is 2.15. The summed E-state index contributed by atoms with van der Waals surface area (Å²) in [7, 11) is 0. The zero-order chi connectivity index (χ0) is 17.2. The molecule has 122 valence electrons. The lowest BCUT2D eigenvalue weighted by atomic mass is 10.1. The fourth-order valence-electron chi connectivity index (χ4n) is 2.44. The Balaban J connectivity index is 1.96. The van der Waals surface area contributed by atoms with Crippen molar-refractivity contribution in [3.8, 4) is 0 Å². The molecule has 5 N–H and O–H groups in total. The summed E-state index contributed by atoms with van der Waals surface area (Å²) >= 11 is 12.3. The molecule has 5 nitrogen and oxygen atoms in total. The first-order valence-corrected chi connectivity index (χ1v) is 8.16. The molecule has 1 aliphatic heterocycles. The van der Waals surface area contributed by atoms with Crippen LogP contribution in [0.3, 0.4) is 0 Å². The van der Waals surface area contributed by atoms with Crippen LogP contribution in [0, 0.1) is 0 Å². The molecule has 1 heterocycles. The highest BCUT2D eigenvalue weighted by atomic mass is 35.5. The van der Waals surface area contributed by atoms with Gasteiger partial charge < -0.3 is 0 Å². The molecule has 2 aromatic carbocycles. The normalized spacial score (nSPS) is 19.8. The van der Waals surface area contributed by atoms with Gasteiger partial charge in [-0.25, -0.2) is 4.99 Å². The second kappa shape index (κ2) is 6.63. The minimum absolute atomic E-state index is 0.223. The quantitative estimate of drug-likeness (QED) is 0.520. The minimum Gasteiger partial charge on any atom is -0.291 e. The number of amidine groups is 2. The lowest BCUT2D eigenvalue weighted by molar-refractivity contribution is -0.543. The van der Waals surface area contributed by atoms with Crippen LogP contribution in [0.15, 0.2) is 60.7 Å². The lowest BCUT2D eigenvalue weighted by Gasteiger charge is -2.20. The molecule has 7 heteroatoms. The summed E-state index contributed by atoms with van der Waals surface area (Å²) in [4.78, 5) is 17.6. The molecule has 2 aromatic rings. The second-order valence-electron chi connectivity index (χ2n) is 5.33. The van der Waals surface area contributed by atoms with Crippen LogP contribution in [0.1, 0.15) is 15.9 Å². The molecule has 1 amide bonds. The highest BCUT2D eigenvalue weighted by Gasteiger charge is 2.56. The molecule has 0 aliphatic carbocycles. The number of hydrogen-bond acceptors (Lipinski definition) is 2. The van der Waals surface area contributed by atoms with Crippen molar-refractivity contribution in [2.75, 3.05) is 0 Å². The van der Waals surface area contributed by atoms with Gasteiger partial charge in [-0.05, 0) is 24.3 Å². The van der Waals surface area contributed by atoms with Crippen LogP contribution in [0.2, 0.25) is 0 Å². The molecule has 0 radical (unpaired) electrons. The van der Waals surface area contributed by atoms with Gasteiger partial charge in [0, 0.05) is 5.56 Å². The molecule has 0 fully saturated rings. The summed E-state index contributed by atoms with van der Waals surface area (Å²) in [5.41, 5.74) is 6.14. The number of hydrogen-bond donors (Lipinski definition) is 4. The maximum Gasteiger partial charge on any atom is 0.386 e. The van der Waals surface area contributed by atoms with Crippen LogP contribution in [-0.2, 0) is 0 Å². The third-order valence-electron chi connectivity index (χ3n) is 3.74. The van der Waals surface area contributed by atoms with Crippen molar-refractivity contribution in [1.82, 2.24) is 5.32 Å². The molecule has 1 aliphatic rings. The number of benzene rings is 2. The zero-order valence-corrected chi connectivity index (χ0v) is 14.1. The number of nitrogens with two attached hydrogens (primary N) is 1. The predicted octanol–water partition coefficient (Wildman–Crippen LogP) is -1.10. The number of alkyl halides is 2. The predicted molar refractivity (Wildman–Crippen MR) is 93.8 cm³/mol. The van der Waals surface area contributed by atoms with Crippen molar-refractivity contribution in [1.29, 1.82) is 0 Å². The smallest absolute Gasteiger partial charge is 0.291 e. The van der Waals surface area contributed by atoms with E-state index in [4.69, 9.17) is 28.9 Å². The first kappa shape index (κ1) is 16.5. The van der Waals surface area contributed by atoms with Crippen LogP contribution in [0.25, 0.3) is 0 Å². The van der Waals surface area contributed by atoms with E-state index in [1.807, 2.05) is 36.4 Å². The van der Waals surface area contributed by atoms with Gasteiger partial charge in [-0.3, -0.25) is 15.8 Å². The topological polar surface area (TPSA) is 83.1 Å². The van der Waals surface area contributed by atoms with Crippen LogP contribution < -0.4 is 21.0 Å². The van der Waals surface area contributed by atoms with Gasteiger partial charge in [0.05, 0.1) is 5.56 Å².